The molecule has 0 saturated heterocycles. The number of non-ortho nitro benzene ring substituents is 1. The lowest BCUT2D eigenvalue weighted by Crippen LogP contribution is -2.45. The Balaban J connectivity index is 1.98. The Morgan fingerprint density at radius 3 is 2.62 bits per heavy atom. The lowest BCUT2D eigenvalue weighted by Gasteiger charge is -2.34. The van der Waals surface area contributed by atoms with Gasteiger partial charge in [0.2, 0.25) is 0 Å². The van der Waals surface area contributed by atoms with Crippen LogP contribution in [0.25, 0.3) is 0 Å². The summed E-state index contributed by atoms with van der Waals surface area (Å²) in [5.41, 5.74) is 1.05. The molecule has 2 aromatic carbocycles. The van der Waals surface area contributed by atoms with E-state index in [0.717, 1.165) is 5.56 Å². The third-order valence-electron chi connectivity index (χ3n) is 4.15. The van der Waals surface area contributed by atoms with Gasteiger partial charge in [-0.1, -0.05) is 12.1 Å². The maximum absolute atomic E-state index is 12.8. The molecular formula is C18H18N2O6. The van der Waals surface area contributed by atoms with Crippen LogP contribution in [0, 0.1) is 10.1 Å². The van der Waals surface area contributed by atoms with E-state index in [2.05, 4.69) is 0 Å². The van der Waals surface area contributed by atoms with Crippen molar-refractivity contribution in [3.8, 4) is 11.5 Å². The van der Waals surface area contributed by atoms with Crippen LogP contribution in [-0.4, -0.2) is 35.8 Å². The standard InChI is InChI=1S/C18H18N2O6/c1-25-14-5-2-12(3-6-14)11-19-15-10-13(20(23)24)4-7-16(15)26-17(8-9-21)18(19)22/h2-7,10,17,21H,8-9,11H2,1H3. The molecule has 0 fully saturated rings. The normalized spacial score (nSPS) is 16.0. The van der Waals surface area contributed by atoms with E-state index in [9.17, 15) is 20.0 Å². The lowest BCUT2D eigenvalue weighted by atomic mass is 10.1. The Morgan fingerprint density at radius 1 is 1.27 bits per heavy atom. The summed E-state index contributed by atoms with van der Waals surface area (Å²) in [5.74, 6) is 0.723. The Kier molecular flexibility index (Phi) is 5.04. The number of amides is 1. The molecule has 1 atom stereocenters. The molecule has 0 spiro atoms. The van der Waals surface area contributed by atoms with Gasteiger partial charge in [0, 0.05) is 25.2 Å². The number of aliphatic hydroxyl groups excluding tert-OH is 1. The summed E-state index contributed by atoms with van der Waals surface area (Å²) in [6, 6.07) is 11.3. The lowest BCUT2D eigenvalue weighted by molar-refractivity contribution is -0.384. The molecule has 0 radical (unpaired) electrons. The third kappa shape index (κ3) is 3.45. The van der Waals surface area contributed by atoms with Crippen LogP contribution in [0.3, 0.4) is 0 Å². The molecular weight excluding hydrogens is 340 g/mol. The molecule has 26 heavy (non-hydrogen) atoms. The van der Waals surface area contributed by atoms with Crippen LogP contribution in [0.15, 0.2) is 42.5 Å². The van der Waals surface area contributed by atoms with Crippen LogP contribution in [0.5, 0.6) is 11.5 Å². The second-order valence-corrected chi connectivity index (χ2v) is 5.80. The largest absolute Gasteiger partial charge is 0.497 e. The smallest absolute Gasteiger partial charge is 0.271 e. The Morgan fingerprint density at radius 2 is 2.00 bits per heavy atom. The van der Waals surface area contributed by atoms with Gasteiger partial charge in [-0.2, -0.15) is 0 Å². The summed E-state index contributed by atoms with van der Waals surface area (Å²) in [4.78, 5) is 24.8. The highest BCUT2D eigenvalue weighted by molar-refractivity contribution is 6.00. The molecule has 0 saturated carbocycles. The van der Waals surface area contributed by atoms with Crippen molar-refractivity contribution in [2.45, 2.75) is 19.1 Å². The number of hydrogen-bond acceptors (Lipinski definition) is 6. The van der Waals surface area contributed by atoms with E-state index in [0.29, 0.717) is 17.2 Å². The molecule has 0 aliphatic carbocycles. The number of hydrogen-bond donors (Lipinski definition) is 1. The van der Waals surface area contributed by atoms with Gasteiger partial charge in [-0.15, -0.1) is 0 Å². The number of aliphatic hydroxyl groups is 1. The average molecular weight is 358 g/mol. The van der Waals surface area contributed by atoms with Gasteiger partial charge in [-0.05, 0) is 23.8 Å². The van der Waals surface area contributed by atoms with Crippen molar-refractivity contribution in [3.63, 3.8) is 0 Å². The maximum atomic E-state index is 12.8. The molecule has 0 aromatic heterocycles. The molecule has 2 aromatic rings. The van der Waals surface area contributed by atoms with Gasteiger partial charge in [-0.3, -0.25) is 14.9 Å². The number of fused-ring (bicyclic) bond motifs is 1. The van der Waals surface area contributed by atoms with Gasteiger partial charge in [0.15, 0.2) is 6.10 Å². The first kappa shape index (κ1) is 17.7. The molecule has 136 valence electrons. The Labute approximate surface area is 149 Å². The van der Waals surface area contributed by atoms with Gasteiger partial charge in [-0.25, -0.2) is 0 Å². The van der Waals surface area contributed by atoms with Crippen LogP contribution in [0.2, 0.25) is 0 Å². The molecule has 8 nitrogen and oxygen atoms in total. The van der Waals surface area contributed by atoms with E-state index in [1.165, 1.54) is 23.1 Å². The van der Waals surface area contributed by atoms with Gasteiger partial charge in [0.05, 0.1) is 24.3 Å². The molecule has 3 rings (SSSR count). The van der Waals surface area contributed by atoms with Crippen LogP contribution in [-0.2, 0) is 11.3 Å². The van der Waals surface area contributed by atoms with Crippen molar-refractivity contribution in [1.29, 1.82) is 0 Å². The number of rotatable bonds is 6. The zero-order valence-corrected chi connectivity index (χ0v) is 14.1. The number of nitro groups is 1. The van der Waals surface area contributed by atoms with Gasteiger partial charge >= 0.3 is 0 Å². The first-order valence-corrected chi connectivity index (χ1v) is 8.03. The fourth-order valence-corrected chi connectivity index (χ4v) is 2.80. The number of nitro benzene ring substituents is 1. The summed E-state index contributed by atoms with van der Waals surface area (Å²) >= 11 is 0. The summed E-state index contributed by atoms with van der Waals surface area (Å²) in [5, 5.41) is 20.3. The van der Waals surface area contributed by atoms with Crippen LogP contribution < -0.4 is 14.4 Å². The second-order valence-electron chi connectivity index (χ2n) is 5.80. The fraction of sp³-hybridized carbons (Fsp3) is 0.278. The molecule has 1 amide bonds. The molecule has 8 heteroatoms. The minimum Gasteiger partial charge on any atom is -0.497 e. The van der Waals surface area contributed by atoms with E-state index in [1.807, 2.05) is 12.1 Å². The predicted octanol–water partition coefficient (Wildman–Crippen LogP) is 2.28. The zero-order valence-electron chi connectivity index (χ0n) is 14.1. The molecule has 1 aliphatic heterocycles. The second kappa shape index (κ2) is 7.40. The van der Waals surface area contributed by atoms with Crippen LogP contribution in [0.4, 0.5) is 11.4 Å². The zero-order chi connectivity index (χ0) is 18.7. The Hall–Kier alpha value is -3.13. The fourth-order valence-electron chi connectivity index (χ4n) is 2.80. The first-order chi connectivity index (χ1) is 12.5. The molecule has 1 unspecified atom stereocenters. The molecule has 0 bridgehead atoms. The number of carbonyl (C=O) groups excluding carboxylic acids is 1. The number of nitrogens with zero attached hydrogens (tertiary/aromatic N) is 2. The van der Waals surface area contributed by atoms with Crippen molar-refractivity contribution in [3.05, 3.63) is 58.1 Å². The minimum atomic E-state index is -0.827. The van der Waals surface area contributed by atoms with Gasteiger partial charge < -0.3 is 19.5 Å². The minimum absolute atomic E-state index is 0.125. The van der Waals surface area contributed by atoms with E-state index in [1.54, 1.807) is 19.2 Å². The quantitative estimate of drug-likeness (QED) is 0.628. The highest BCUT2D eigenvalue weighted by atomic mass is 16.6. The SMILES string of the molecule is COc1ccc(CN2C(=O)C(CCO)Oc3ccc([N+](=O)[O-])cc32)cc1. The molecule has 1 heterocycles. The van der Waals surface area contributed by atoms with Crippen LogP contribution >= 0.6 is 0 Å². The average Bonchev–Trinajstić information content (AvgIpc) is 2.65. The van der Waals surface area contributed by atoms with Gasteiger partial charge in [0.1, 0.15) is 11.5 Å². The summed E-state index contributed by atoms with van der Waals surface area (Å²) in [6.45, 7) is 0.0252. The number of ether oxygens (including phenoxy) is 2. The molecule has 1 N–H and O–H groups in total. The van der Waals surface area contributed by atoms with Gasteiger partial charge in [0.25, 0.3) is 11.6 Å². The summed E-state index contributed by atoms with van der Waals surface area (Å²) in [6.07, 6.45) is -0.679. The van der Waals surface area contributed by atoms with E-state index in [4.69, 9.17) is 9.47 Å². The number of anilines is 1. The number of benzene rings is 2. The monoisotopic (exact) mass is 358 g/mol. The van der Waals surface area contributed by atoms with Crippen molar-refractivity contribution in [1.82, 2.24) is 0 Å². The van der Waals surface area contributed by atoms with E-state index in [-0.39, 0.29) is 31.2 Å². The summed E-state index contributed by atoms with van der Waals surface area (Å²) < 4.78 is 10.8. The third-order valence-corrected chi connectivity index (χ3v) is 4.15. The first-order valence-electron chi connectivity index (χ1n) is 8.03. The van der Waals surface area contributed by atoms with Crippen molar-refractivity contribution >= 4 is 17.3 Å². The van der Waals surface area contributed by atoms with Crippen molar-refractivity contribution in [2.24, 2.45) is 0 Å². The highest BCUT2D eigenvalue weighted by Gasteiger charge is 2.35. The number of carbonyl (C=O) groups is 1. The van der Waals surface area contributed by atoms with Crippen LogP contribution in [0.1, 0.15) is 12.0 Å². The Bertz CT molecular complexity index is 821. The number of methoxy groups -OCH3 is 1. The predicted molar refractivity (Wildman–Crippen MR) is 93.4 cm³/mol. The van der Waals surface area contributed by atoms with E-state index < -0.39 is 11.0 Å². The highest BCUT2D eigenvalue weighted by Crippen LogP contribution is 2.38. The maximum Gasteiger partial charge on any atom is 0.271 e. The topological polar surface area (TPSA) is 102 Å². The summed E-state index contributed by atoms with van der Waals surface area (Å²) in [7, 11) is 1.56. The van der Waals surface area contributed by atoms with E-state index >= 15 is 0 Å². The molecule has 1 aliphatic rings. The van der Waals surface area contributed by atoms with Crippen molar-refractivity contribution in [2.75, 3.05) is 18.6 Å². The van der Waals surface area contributed by atoms with Crippen molar-refractivity contribution < 1.29 is 24.3 Å².